The number of ether oxygens (including phenoxy) is 1. The van der Waals surface area contributed by atoms with Crippen LogP contribution in [0.2, 0.25) is 5.02 Å². The van der Waals surface area contributed by atoms with Gasteiger partial charge in [0.25, 0.3) is 0 Å². The Kier molecular flexibility index (Phi) is 6.79. The maximum atomic E-state index is 11.9. The second-order valence-corrected chi connectivity index (χ2v) is 6.70. The van der Waals surface area contributed by atoms with E-state index in [9.17, 15) is 4.79 Å². The highest BCUT2D eigenvalue weighted by atomic mass is 35.5. The maximum absolute atomic E-state index is 11.9. The summed E-state index contributed by atoms with van der Waals surface area (Å²) in [6, 6.07) is 3.69. The number of pyridine rings is 1. The van der Waals surface area contributed by atoms with E-state index in [1.807, 2.05) is 26.0 Å². The highest BCUT2D eigenvalue weighted by Gasteiger charge is 2.35. The molecule has 0 spiro atoms. The van der Waals surface area contributed by atoms with Crippen LogP contribution in [0.1, 0.15) is 27.2 Å². The zero-order valence-electron chi connectivity index (χ0n) is 12.3. The predicted molar refractivity (Wildman–Crippen MR) is 83.3 cm³/mol. The number of hydrogen-bond acceptors (Lipinski definition) is 5. The third-order valence-corrected chi connectivity index (χ3v) is 4.20. The van der Waals surface area contributed by atoms with E-state index in [1.165, 1.54) is 7.11 Å². The van der Waals surface area contributed by atoms with Crippen LogP contribution in [-0.4, -0.2) is 35.4 Å². The van der Waals surface area contributed by atoms with Crippen molar-refractivity contribution in [2.75, 3.05) is 13.7 Å². The van der Waals surface area contributed by atoms with E-state index < -0.39 is 5.54 Å². The average molecular weight is 317 g/mol. The topological polar surface area (TPSA) is 51.2 Å². The van der Waals surface area contributed by atoms with Crippen LogP contribution in [0.5, 0.6) is 0 Å². The minimum absolute atomic E-state index is 0.215. The van der Waals surface area contributed by atoms with Crippen molar-refractivity contribution in [1.29, 1.82) is 0 Å². The van der Waals surface area contributed by atoms with Crippen molar-refractivity contribution in [2.45, 2.75) is 43.0 Å². The van der Waals surface area contributed by atoms with E-state index in [1.54, 1.807) is 18.0 Å². The first-order chi connectivity index (χ1) is 9.41. The van der Waals surface area contributed by atoms with Gasteiger partial charge < -0.3 is 10.1 Å². The van der Waals surface area contributed by atoms with Crippen molar-refractivity contribution >= 4 is 29.3 Å². The Morgan fingerprint density at radius 2 is 2.30 bits per heavy atom. The van der Waals surface area contributed by atoms with E-state index in [0.717, 1.165) is 5.03 Å². The Morgan fingerprint density at radius 1 is 1.60 bits per heavy atom. The van der Waals surface area contributed by atoms with Crippen LogP contribution in [0.3, 0.4) is 0 Å². The zero-order valence-corrected chi connectivity index (χ0v) is 13.8. The first kappa shape index (κ1) is 17.3. The Labute approximate surface area is 129 Å². The molecule has 1 heterocycles. The Morgan fingerprint density at radius 3 is 2.80 bits per heavy atom. The second kappa shape index (κ2) is 7.86. The quantitative estimate of drug-likeness (QED) is 0.618. The molecule has 0 aliphatic heterocycles. The number of halogens is 1. The number of rotatable bonds is 7. The molecule has 0 radical (unpaired) electrons. The van der Waals surface area contributed by atoms with Gasteiger partial charge in [-0.05, 0) is 32.0 Å². The number of carbonyl (C=O) groups excluding carboxylic acids is 1. The van der Waals surface area contributed by atoms with Crippen molar-refractivity contribution in [3.8, 4) is 0 Å². The van der Waals surface area contributed by atoms with E-state index >= 15 is 0 Å². The summed E-state index contributed by atoms with van der Waals surface area (Å²) in [5.74, 6) is -0.240. The lowest BCUT2D eigenvalue weighted by Gasteiger charge is -2.29. The van der Waals surface area contributed by atoms with Gasteiger partial charge >= 0.3 is 5.97 Å². The normalized spacial score (nSPS) is 15.4. The van der Waals surface area contributed by atoms with Gasteiger partial charge in [0.05, 0.1) is 17.2 Å². The van der Waals surface area contributed by atoms with Crippen LogP contribution in [0.15, 0.2) is 23.4 Å². The molecule has 1 rings (SSSR count). The molecule has 1 aromatic rings. The lowest BCUT2D eigenvalue weighted by Crippen LogP contribution is -2.51. The number of methoxy groups -OCH3 is 1. The number of carbonyl (C=O) groups is 1. The van der Waals surface area contributed by atoms with Crippen molar-refractivity contribution in [1.82, 2.24) is 10.3 Å². The van der Waals surface area contributed by atoms with Gasteiger partial charge in [-0.1, -0.05) is 25.4 Å². The minimum Gasteiger partial charge on any atom is -0.468 e. The smallest absolute Gasteiger partial charge is 0.325 e. The lowest BCUT2D eigenvalue weighted by molar-refractivity contribution is -0.148. The molecular weight excluding hydrogens is 296 g/mol. The molecule has 1 aromatic heterocycles. The van der Waals surface area contributed by atoms with Crippen LogP contribution in [0.25, 0.3) is 0 Å². The zero-order chi connectivity index (χ0) is 15.2. The first-order valence-electron chi connectivity index (χ1n) is 6.53. The van der Waals surface area contributed by atoms with Crippen molar-refractivity contribution in [3.63, 3.8) is 0 Å². The molecule has 0 fully saturated rings. The summed E-state index contributed by atoms with van der Waals surface area (Å²) in [6.07, 6.45) is 2.28. The largest absolute Gasteiger partial charge is 0.468 e. The summed E-state index contributed by atoms with van der Waals surface area (Å²) in [5.41, 5.74) is -0.678. The molecule has 2 atom stereocenters. The van der Waals surface area contributed by atoms with Gasteiger partial charge in [-0.3, -0.25) is 4.79 Å². The fourth-order valence-electron chi connectivity index (χ4n) is 2.10. The van der Waals surface area contributed by atoms with Crippen molar-refractivity contribution < 1.29 is 9.53 Å². The number of likely N-dealkylation sites (N-methyl/N-ethyl adjacent to an activating group) is 1. The van der Waals surface area contributed by atoms with E-state index in [4.69, 9.17) is 16.3 Å². The van der Waals surface area contributed by atoms with Gasteiger partial charge in [-0.15, -0.1) is 11.8 Å². The molecule has 0 aliphatic rings. The van der Waals surface area contributed by atoms with Crippen LogP contribution >= 0.6 is 23.4 Å². The fourth-order valence-corrected chi connectivity index (χ4v) is 3.30. The number of nitrogens with zero attached hydrogens (tertiary/aromatic N) is 1. The minimum atomic E-state index is -0.678. The van der Waals surface area contributed by atoms with Gasteiger partial charge in [0.15, 0.2) is 0 Å². The highest BCUT2D eigenvalue weighted by Crippen LogP contribution is 2.28. The van der Waals surface area contributed by atoms with E-state index in [0.29, 0.717) is 18.0 Å². The fraction of sp³-hybridized carbons (Fsp3) is 0.571. The molecule has 0 aromatic carbocycles. The first-order valence-corrected chi connectivity index (χ1v) is 7.78. The highest BCUT2D eigenvalue weighted by molar-refractivity contribution is 7.99. The maximum Gasteiger partial charge on any atom is 0.325 e. The molecule has 2 unspecified atom stereocenters. The molecule has 0 amide bonds. The average Bonchev–Trinajstić information content (AvgIpc) is 2.40. The van der Waals surface area contributed by atoms with Crippen molar-refractivity contribution in [2.24, 2.45) is 0 Å². The van der Waals surface area contributed by atoms with Gasteiger partial charge in [-0.2, -0.15) is 0 Å². The van der Waals surface area contributed by atoms with E-state index in [-0.39, 0.29) is 11.2 Å². The summed E-state index contributed by atoms with van der Waals surface area (Å²) in [7, 11) is 1.41. The molecule has 0 aliphatic carbocycles. The molecule has 6 heteroatoms. The standard InChI is InChI=1S/C14H21ClN2O2S/c1-5-17-14(3,13(18)19-4)8-10(2)20-12-7-6-11(15)9-16-12/h6-7,9-10,17H,5,8H2,1-4H3. The third-order valence-electron chi connectivity index (χ3n) is 2.92. The lowest BCUT2D eigenvalue weighted by atomic mass is 9.96. The summed E-state index contributed by atoms with van der Waals surface area (Å²) < 4.78 is 4.89. The van der Waals surface area contributed by atoms with Crippen LogP contribution < -0.4 is 5.32 Å². The van der Waals surface area contributed by atoms with Gasteiger partial charge in [0.1, 0.15) is 5.54 Å². The van der Waals surface area contributed by atoms with Gasteiger partial charge in [0.2, 0.25) is 0 Å². The summed E-state index contributed by atoms with van der Waals surface area (Å²) >= 11 is 7.43. The number of hydrogen-bond donors (Lipinski definition) is 1. The third kappa shape index (κ3) is 4.96. The second-order valence-electron chi connectivity index (χ2n) is 4.80. The molecule has 20 heavy (non-hydrogen) atoms. The predicted octanol–water partition coefficient (Wildman–Crippen LogP) is 3.15. The Hall–Kier alpha value is -0.780. The Bertz CT molecular complexity index is 441. The monoisotopic (exact) mass is 316 g/mol. The van der Waals surface area contributed by atoms with Crippen LogP contribution in [0, 0.1) is 0 Å². The van der Waals surface area contributed by atoms with Crippen molar-refractivity contribution in [3.05, 3.63) is 23.4 Å². The SMILES string of the molecule is CCNC(C)(CC(C)Sc1ccc(Cl)cn1)C(=O)OC. The number of esters is 1. The summed E-state index contributed by atoms with van der Waals surface area (Å²) in [6.45, 7) is 6.62. The number of thioether (sulfide) groups is 1. The molecular formula is C14H21ClN2O2S. The summed E-state index contributed by atoms with van der Waals surface area (Å²) in [5, 5.41) is 4.93. The Balaban J connectivity index is 2.68. The van der Waals surface area contributed by atoms with Gasteiger partial charge in [-0.25, -0.2) is 4.98 Å². The molecule has 112 valence electrons. The number of nitrogens with one attached hydrogen (secondary N) is 1. The van der Waals surface area contributed by atoms with E-state index in [2.05, 4.69) is 17.2 Å². The van der Waals surface area contributed by atoms with Crippen LogP contribution in [-0.2, 0) is 9.53 Å². The summed E-state index contributed by atoms with van der Waals surface area (Å²) in [4.78, 5) is 16.2. The molecule has 0 saturated heterocycles. The van der Waals surface area contributed by atoms with Crippen LogP contribution in [0.4, 0.5) is 0 Å². The molecule has 0 saturated carbocycles. The van der Waals surface area contributed by atoms with Gasteiger partial charge in [0, 0.05) is 11.4 Å². The number of aromatic nitrogens is 1. The molecule has 1 N–H and O–H groups in total. The molecule has 0 bridgehead atoms. The molecule has 4 nitrogen and oxygen atoms in total.